The van der Waals surface area contributed by atoms with E-state index in [1.807, 2.05) is 0 Å². The van der Waals surface area contributed by atoms with Crippen molar-refractivity contribution in [3.63, 3.8) is 0 Å². The summed E-state index contributed by atoms with van der Waals surface area (Å²) in [6, 6.07) is 1.03. The summed E-state index contributed by atoms with van der Waals surface area (Å²) in [5.74, 6) is -0.849. The van der Waals surface area contributed by atoms with Gasteiger partial charge in [-0.2, -0.15) is 0 Å². The number of carboxylic acid groups (broad SMARTS) is 1. The van der Waals surface area contributed by atoms with Gasteiger partial charge in [0.15, 0.2) is 5.76 Å². The Labute approximate surface area is 103 Å². The maximum Gasteiger partial charge on any atom is 0.315 e. The first-order chi connectivity index (χ1) is 8.65. The molecule has 18 heavy (non-hydrogen) atoms. The lowest BCUT2D eigenvalue weighted by Gasteiger charge is -2.12. The molecular weight excluding hydrogens is 238 g/mol. The van der Waals surface area contributed by atoms with Gasteiger partial charge in [-0.15, -0.1) is 0 Å². The lowest BCUT2D eigenvalue weighted by molar-refractivity contribution is -0.140. The molecule has 2 amide bonds. The van der Waals surface area contributed by atoms with Crippen molar-refractivity contribution >= 4 is 12.0 Å². The summed E-state index contributed by atoms with van der Waals surface area (Å²) < 4.78 is 4.82. The Bertz CT molecular complexity index is 455. The van der Waals surface area contributed by atoms with E-state index in [0.29, 0.717) is 12.2 Å². The van der Waals surface area contributed by atoms with Crippen molar-refractivity contribution in [1.29, 1.82) is 0 Å². The topological polar surface area (TPSA) is 104 Å². The summed E-state index contributed by atoms with van der Waals surface area (Å²) in [5.41, 5.74) is 0. The molecule has 1 heterocycles. The Morgan fingerprint density at radius 2 is 2.33 bits per heavy atom. The molecule has 0 saturated carbocycles. The largest absolute Gasteiger partial charge is 0.481 e. The third-order valence-electron chi connectivity index (χ3n) is 2.63. The molecule has 3 N–H and O–H groups in total. The van der Waals surface area contributed by atoms with E-state index in [1.54, 1.807) is 18.2 Å². The van der Waals surface area contributed by atoms with Crippen LogP contribution in [0.2, 0.25) is 0 Å². The van der Waals surface area contributed by atoms with Crippen LogP contribution in [0.1, 0.15) is 12.2 Å². The summed E-state index contributed by atoms with van der Waals surface area (Å²) in [5, 5.41) is 17.6. The van der Waals surface area contributed by atoms with E-state index in [-0.39, 0.29) is 18.6 Å². The van der Waals surface area contributed by atoms with Gasteiger partial charge in [0.2, 0.25) is 0 Å². The number of rotatable bonds is 4. The number of carboxylic acids is 1. The van der Waals surface area contributed by atoms with Crippen LogP contribution in [-0.4, -0.2) is 28.3 Å². The van der Waals surface area contributed by atoms with Crippen LogP contribution in [0, 0.1) is 5.92 Å². The van der Waals surface area contributed by atoms with Crippen molar-refractivity contribution in [2.45, 2.75) is 19.0 Å². The molecule has 0 aliphatic heterocycles. The van der Waals surface area contributed by atoms with Gasteiger partial charge >= 0.3 is 12.0 Å². The fourth-order valence-corrected chi connectivity index (χ4v) is 1.71. The lowest BCUT2D eigenvalue weighted by atomic mass is 10.1. The predicted molar refractivity (Wildman–Crippen MR) is 60.5 cm³/mol. The monoisotopic (exact) mass is 251 g/mol. The van der Waals surface area contributed by atoms with E-state index in [2.05, 4.69) is 15.8 Å². The van der Waals surface area contributed by atoms with Crippen molar-refractivity contribution in [1.82, 2.24) is 15.8 Å². The summed E-state index contributed by atoms with van der Waals surface area (Å²) in [6.45, 7) is 0.241. The number of aromatic nitrogens is 1. The number of hydrogen-bond acceptors (Lipinski definition) is 4. The highest BCUT2D eigenvalue weighted by Crippen LogP contribution is 2.17. The SMILES string of the molecule is O=C(NCc1ccno1)NC1C=CC(C(=O)O)C1. The van der Waals surface area contributed by atoms with Gasteiger partial charge in [-0.1, -0.05) is 17.3 Å². The van der Waals surface area contributed by atoms with Gasteiger partial charge in [-0.3, -0.25) is 4.79 Å². The molecular formula is C11H13N3O4. The second-order valence-electron chi connectivity index (χ2n) is 3.98. The molecule has 1 aromatic heterocycles. The molecule has 0 fully saturated rings. The lowest BCUT2D eigenvalue weighted by Crippen LogP contribution is -2.40. The Morgan fingerprint density at radius 1 is 1.50 bits per heavy atom. The molecule has 1 aliphatic carbocycles. The Morgan fingerprint density at radius 3 is 2.94 bits per heavy atom. The van der Waals surface area contributed by atoms with Crippen molar-refractivity contribution in [2.24, 2.45) is 5.92 Å². The summed E-state index contributed by atoms with van der Waals surface area (Å²) in [7, 11) is 0. The third kappa shape index (κ3) is 3.09. The highest BCUT2D eigenvalue weighted by Gasteiger charge is 2.25. The molecule has 0 radical (unpaired) electrons. The molecule has 0 aromatic carbocycles. The van der Waals surface area contributed by atoms with Crippen molar-refractivity contribution < 1.29 is 19.2 Å². The molecule has 0 saturated heterocycles. The zero-order chi connectivity index (χ0) is 13.0. The quantitative estimate of drug-likeness (QED) is 0.676. The first-order valence-electron chi connectivity index (χ1n) is 5.50. The smallest absolute Gasteiger partial charge is 0.315 e. The third-order valence-corrected chi connectivity index (χ3v) is 2.63. The van der Waals surface area contributed by atoms with E-state index in [4.69, 9.17) is 9.63 Å². The molecule has 0 bridgehead atoms. The number of amides is 2. The first-order valence-corrected chi connectivity index (χ1v) is 5.50. The minimum Gasteiger partial charge on any atom is -0.481 e. The molecule has 2 unspecified atom stereocenters. The molecule has 96 valence electrons. The van der Waals surface area contributed by atoms with Gasteiger partial charge in [0.1, 0.15) is 0 Å². The summed E-state index contributed by atoms with van der Waals surface area (Å²) >= 11 is 0. The highest BCUT2D eigenvalue weighted by atomic mass is 16.5. The Hall–Kier alpha value is -2.31. The Kier molecular flexibility index (Phi) is 3.61. The average Bonchev–Trinajstić information content (AvgIpc) is 2.96. The summed E-state index contributed by atoms with van der Waals surface area (Å²) in [4.78, 5) is 22.2. The first kappa shape index (κ1) is 12.2. The van der Waals surface area contributed by atoms with Crippen LogP contribution in [0.4, 0.5) is 4.79 Å². The maximum atomic E-state index is 11.5. The molecule has 0 spiro atoms. The maximum absolute atomic E-state index is 11.5. The molecule has 7 heteroatoms. The molecule has 7 nitrogen and oxygen atoms in total. The van der Waals surface area contributed by atoms with E-state index >= 15 is 0 Å². The summed E-state index contributed by atoms with van der Waals surface area (Å²) in [6.07, 6.45) is 5.15. The van der Waals surface area contributed by atoms with Crippen LogP contribution in [0.5, 0.6) is 0 Å². The Balaban J connectivity index is 1.72. The van der Waals surface area contributed by atoms with Gasteiger partial charge < -0.3 is 20.3 Å². The van der Waals surface area contributed by atoms with Gasteiger partial charge in [0, 0.05) is 6.07 Å². The second kappa shape index (κ2) is 5.35. The average molecular weight is 251 g/mol. The zero-order valence-corrected chi connectivity index (χ0v) is 9.50. The minimum absolute atomic E-state index is 0.241. The van der Waals surface area contributed by atoms with Crippen molar-refractivity contribution in [2.75, 3.05) is 0 Å². The van der Waals surface area contributed by atoms with Crippen LogP contribution in [0.3, 0.4) is 0 Å². The zero-order valence-electron chi connectivity index (χ0n) is 9.50. The van der Waals surface area contributed by atoms with E-state index in [9.17, 15) is 9.59 Å². The number of hydrogen-bond donors (Lipinski definition) is 3. The van der Waals surface area contributed by atoms with Crippen LogP contribution in [0.15, 0.2) is 28.9 Å². The van der Waals surface area contributed by atoms with Gasteiger partial charge in [0.25, 0.3) is 0 Å². The van der Waals surface area contributed by atoms with E-state index in [0.717, 1.165) is 0 Å². The van der Waals surface area contributed by atoms with Gasteiger partial charge in [-0.25, -0.2) is 4.79 Å². The molecule has 2 rings (SSSR count). The number of aliphatic carboxylic acids is 1. The van der Waals surface area contributed by atoms with E-state index in [1.165, 1.54) is 6.20 Å². The molecule has 2 atom stereocenters. The number of carbonyl (C=O) groups excluding carboxylic acids is 1. The van der Waals surface area contributed by atoms with Crippen molar-refractivity contribution in [3.05, 3.63) is 30.2 Å². The van der Waals surface area contributed by atoms with Crippen LogP contribution in [0.25, 0.3) is 0 Å². The number of carbonyl (C=O) groups is 2. The fraction of sp³-hybridized carbons (Fsp3) is 0.364. The second-order valence-corrected chi connectivity index (χ2v) is 3.98. The standard InChI is InChI=1S/C11H13N3O4/c15-10(16)7-1-2-8(5-7)14-11(17)12-6-9-3-4-13-18-9/h1-4,7-8H,5-6H2,(H,15,16)(H2,12,14,17). The molecule has 1 aliphatic rings. The van der Waals surface area contributed by atoms with Gasteiger partial charge in [0.05, 0.1) is 24.7 Å². The van der Waals surface area contributed by atoms with Crippen LogP contribution >= 0.6 is 0 Å². The predicted octanol–water partition coefficient (Wildman–Crippen LogP) is 0.503. The number of nitrogens with zero attached hydrogens (tertiary/aromatic N) is 1. The van der Waals surface area contributed by atoms with Crippen LogP contribution in [-0.2, 0) is 11.3 Å². The van der Waals surface area contributed by atoms with Gasteiger partial charge in [-0.05, 0) is 6.42 Å². The normalized spacial score (nSPS) is 21.8. The van der Waals surface area contributed by atoms with Crippen molar-refractivity contribution in [3.8, 4) is 0 Å². The molecule has 1 aromatic rings. The number of nitrogens with one attached hydrogen (secondary N) is 2. The van der Waals surface area contributed by atoms with Crippen LogP contribution < -0.4 is 10.6 Å². The number of urea groups is 1. The minimum atomic E-state index is -0.877. The van der Waals surface area contributed by atoms with E-state index < -0.39 is 11.9 Å². The fourth-order valence-electron chi connectivity index (χ4n) is 1.71. The highest BCUT2D eigenvalue weighted by molar-refractivity contribution is 5.76.